The van der Waals surface area contributed by atoms with E-state index in [1.807, 2.05) is 0 Å². The first kappa shape index (κ1) is 18.6. The average Bonchev–Trinajstić information content (AvgIpc) is 2.72. The van der Waals surface area contributed by atoms with E-state index in [4.69, 9.17) is 14.2 Å². The van der Waals surface area contributed by atoms with Crippen LogP contribution in [0.5, 0.6) is 11.5 Å². The Morgan fingerprint density at radius 3 is 2.64 bits per heavy atom. The van der Waals surface area contributed by atoms with Gasteiger partial charge in [0.15, 0.2) is 11.5 Å². The van der Waals surface area contributed by atoms with Crippen LogP contribution < -0.4 is 9.47 Å². The number of ether oxygens (including phenoxy) is 3. The first-order valence-corrected chi connectivity index (χ1v) is 8.90. The van der Waals surface area contributed by atoms with E-state index in [-0.39, 0.29) is 19.1 Å². The summed E-state index contributed by atoms with van der Waals surface area (Å²) < 4.78 is 55.7. The molecule has 1 saturated heterocycles. The third-order valence-corrected chi connectivity index (χ3v) is 4.74. The molecule has 0 N–H and O–H groups in total. The van der Waals surface area contributed by atoms with E-state index in [1.165, 1.54) is 6.07 Å². The summed E-state index contributed by atoms with van der Waals surface area (Å²) in [4.78, 5) is 14.6. The van der Waals surface area contributed by atoms with Crippen molar-refractivity contribution in [3.8, 4) is 11.5 Å². The van der Waals surface area contributed by atoms with Gasteiger partial charge < -0.3 is 19.1 Å². The monoisotopic (exact) mass is 393 g/mol. The lowest BCUT2D eigenvalue weighted by molar-refractivity contribution is -0.137. The Morgan fingerprint density at radius 2 is 1.82 bits per heavy atom. The molecule has 2 aliphatic heterocycles. The van der Waals surface area contributed by atoms with Gasteiger partial charge in [0.25, 0.3) is 5.91 Å². The van der Waals surface area contributed by atoms with Crippen molar-refractivity contribution in [2.24, 2.45) is 0 Å². The van der Waals surface area contributed by atoms with E-state index in [0.29, 0.717) is 42.4 Å². The second kappa shape index (κ2) is 7.35. The number of morpholine rings is 1. The predicted octanol–water partition coefficient (Wildman–Crippen LogP) is 3.69. The molecular weight excluding hydrogens is 375 g/mol. The zero-order valence-electron chi connectivity index (χ0n) is 14.9. The van der Waals surface area contributed by atoms with Crippen LogP contribution in [-0.2, 0) is 10.9 Å². The molecule has 5 nitrogen and oxygen atoms in total. The first-order valence-electron chi connectivity index (χ1n) is 8.90. The van der Waals surface area contributed by atoms with Gasteiger partial charge in [-0.1, -0.05) is 18.2 Å². The van der Waals surface area contributed by atoms with Crippen molar-refractivity contribution < 1.29 is 32.2 Å². The van der Waals surface area contributed by atoms with Crippen molar-refractivity contribution in [3.63, 3.8) is 0 Å². The normalized spacial score (nSPS) is 19.4. The van der Waals surface area contributed by atoms with Crippen LogP contribution in [0.4, 0.5) is 13.2 Å². The summed E-state index contributed by atoms with van der Waals surface area (Å²) in [6, 6.07) is 10.1. The van der Waals surface area contributed by atoms with Crippen LogP contribution in [0.2, 0.25) is 0 Å². The molecule has 28 heavy (non-hydrogen) atoms. The summed E-state index contributed by atoms with van der Waals surface area (Å²) in [6.07, 6.45) is -5.06. The number of hydrogen-bond donors (Lipinski definition) is 0. The minimum absolute atomic E-state index is 0.157. The molecule has 0 aromatic heterocycles. The lowest BCUT2D eigenvalue weighted by atomic mass is 10.0. The van der Waals surface area contributed by atoms with Gasteiger partial charge in [0.05, 0.1) is 24.3 Å². The fourth-order valence-electron chi connectivity index (χ4n) is 3.36. The van der Waals surface area contributed by atoms with Crippen molar-refractivity contribution in [3.05, 3.63) is 59.2 Å². The fraction of sp³-hybridized carbons (Fsp3) is 0.350. The Hall–Kier alpha value is -2.74. The van der Waals surface area contributed by atoms with Crippen LogP contribution in [-0.4, -0.2) is 43.7 Å². The standard InChI is InChI=1S/C20H18F3NO4/c21-20(22,23)14-4-1-3-13(11-14)17-12-24(7-8-26-17)19(25)15-5-2-6-16-18(15)28-10-9-27-16/h1-6,11,17H,7-10,12H2. The molecule has 0 bridgehead atoms. The molecule has 8 heteroatoms. The molecule has 1 fully saturated rings. The van der Waals surface area contributed by atoms with E-state index in [9.17, 15) is 18.0 Å². The van der Waals surface area contributed by atoms with Gasteiger partial charge in [-0.3, -0.25) is 4.79 Å². The van der Waals surface area contributed by atoms with E-state index in [1.54, 1.807) is 29.2 Å². The number of hydrogen-bond acceptors (Lipinski definition) is 4. The molecule has 2 heterocycles. The molecule has 0 radical (unpaired) electrons. The van der Waals surface area contributed by atoms with Crippen LogP contribution in [0.1, 0.15) is 27.6 Å². The molecule has 2 aromatic carbocycles. The number of carbonyl (C=O) groups excluding carboxylic acids is 1. The summed E-state index contributed by atoms with van der Waals surface area (Å²) in [5, 5.41) is 0. The topological polar surface area (TPSA) is 48.0 Å². The molecule has 4 rings (SSSR count). The smallest absolute Gasteiger partial charge is 0.416 e. The van der Waals surface area contributed by atoms with Crippen LogP contribution in [0, 0.1) is 0 Å². The van der Waals surface area contributed by atoms with Crippen molar-refractivity contribution >= 4 is 5.91 Å². The van der Waals surface area contributed by atoms with Crippen LogP contribution in [0.25, 0.3) is 0 Å². The van der Waals surface area contributed by atoms with Crippen molar-refractivity contribution in [1.29, 1.82) is 0 Å². The van der Waals surface area contributed by atoms with Crippen molar-refractivity contribution in [1.82, 2.24) is 4.90 Å². The fourth-order valence-corrected chi connectivity index (χ4v) is 3.36. The lowest BCUT2D eigenvalue weighted by Gasteiger charge is -2.34. The molecule has 2 aliphatic rings. The number of benzene rings is 2. The Labute approximate surface area is 159 Å². The van der Waals surface area contributed by atoms with Crippen LogP contribution in [0.3, 0.4) is 0 Å². The Bertz CT molecular complexity index is 884. The van der Waals surface area contributed by atoms with E-state index >= 15 is 0 Å². The number of halogens is 3. The number of carbonyl (C=O) groups is 1. The predicted molar refractivity (Wildman–Crippen MR) is 93.5 cm³/mol. The Kier molecular flexibility index (Phi) is 4.89. The number of rotatable bonds is 2. The van der Waals surface area contributed by atoms with E-state index in [0.717, 1.165) is 12.1 Å². The SMILES string of the molecule is O=C(c1cccc2c1OCCO2)N1CCOC(c2cccc(C(F)(F)F)c2)C1. The lowest BCUT2D eigenvalue weighted by Crippen LogP contribution is -2.42. The highest BCUT2D eigenvalue weighted by molar-refractivity contribution is 5.98. The Morgan fingerprint density at radius 1 is 1.04 bits per heavy atom. The van der Waals surface area contributed by atoms with Gasteiger partial charge in [0.1, 0.15) is 19.3 Å². The average molecular weight is 393 g/mol. The van der Waals surface area contributed by atoms with Crippen molar-refractivity contribution in [2.75, 3.05) is 32.9 Å². The summed E-state index contributed by atoms with van der Waals surface area (Å²) >= 11 is 0. The minimum atomic E-state index is -4.43. The number of amides is 1. The largest absolute Gasteiger partial charge is 0.486 e. The van der Waals surface area contributed by atoms with E-state index in [2.05, 4.69) is 0 Å². The summed E-state index contributed by atoms with van der Waals surface area (Å²) in [7, 11) is 0. The summed E-state index contributed by atoms with van der Waals surface area (Å²) in [6.45, 7) is 1.51. The Balaban J connectivity index is 1.56. The zero-order valence-corrected chi connectivity index (χ0v) is 14.9. The molecule has 0 spiro atoms. The number of fused-ring (bicyclic) bond motifs is 1. The first-order chi connectivity index (χ1) is 13.4. The van der Waals surface area contributed by atoms with Gasteiger partial charge in [-0.05, 0) is 29.8 Å². The molecule has 1 amide bonds. The number of alkyl halides is 3. The third-order valence-electron chi connectivity index (χ3n) is 4.74. The van der Waals surface area contributed by atoms with Gasteiger partial charge in [0, 0.05) is 6.54 Å². The number of nitrogens with zero attached hydrogens (tertiary/aromatic N) is 1. The van der Waals surface area contributed by atoms with Gasteiger partial charge >= 0.3 is 6.18 Å². The van der Waals surface area contributed by atoms with Gasteiger partial charge in [-0.15, -0.1) is 0 Å². The molecule has 1 unspecified atom stereocenters. The molecule has 148 valence electrons. The van der Waals surface area contributed by atoms with Crippen LogP contribution in [0.15, 0.2) is 42.5 Å². The zero-order chi connectivity index (χ0) is 19.7. The van der Waals surface area contributed by atoms with Crippen LogP contribution >= 0.6 is 0 Å². The van der Waals surface area contributed by atoms with Gasteiger partial charge in [0.2, 0.25) is 0 Å². The molecule has 1 atom stereocenters. The minimum Gasteiger partial charge on any atom is -0.486 e. The number of para-hydroxylation sites is 1. The summed E-state index contributed by atoms with van der Waals surface area (Å²) in [5.74, 6) is 0.656. The highest BCUT2D eigenvalue weighted by Crippen LogP contribution is 2.36. The quantitative estimate of drug-likeness (QED) is 0.781. The third kappa shape index (κ3) is 3.64. The summed E-state index contributed by atoms with van der Waals surface area (Å²) in [5.41, 5.74) is 0.0311. The highest BCUT2D eigenvalue weighted by atomic mass is 19.4. The van der Waals surface area contributed by atoms with Gasteiger partial charge in [-0.25, -0.2) is 0 Å². The molecule has 2 aromatic rings. The second-order valence-electron chi connectivity index (χ2n) is 6.56. The second-order valence-corrected chi connectivity index (χ2v) is 6.56. The maximum absolute atomic E-state index is 13.0. The van der Waals surface area contributed by atoms with Crippen molar-refractivity contribution in [2.45, 2.75) is 12.3 Å². The maximum Gasteiger partial charge on any atom is 0.416 e. The molecular formula is C20H18F3NO4. The molecule has 0 aliphatic carbocycles. The molecule has 0 saturated carbocycles. The highest BCUT2D eigenvalue weighted by Gasteiger charge is 2.33. The van der Waals surface area contributed by atoms with Gasteiger partial charge in [-0.2, -0.15) is 13.2 Å². The van der Waals surface area contributed by atoms with E-state index < -0.39 is 17.8 Å². The maximum atomic E-state index is 13.0.